The molecule has 0 amide bonds. The van der Waals surface area contributed by atoms with Gasteiger partial charge in [0.05, 0.1) is 0 Å². The van der Waals surface area contributed by atoms with Gasteiger partial charge in [0, 0.05) is 20.2 Å². The first kappa shape index (κ1) is 29.9. The molecule has 10 aromatic rings. The second-order valence-corrected chi connectivity index (χ2v) is 15.7. The quantitative estimate of drug-likeness (QED) is 0.161. The third kappa shape index (κ3) is 4.38. The minimum Gasteiger partial charge on any atom is -0.152 e. The molecule has 52 heavy (non-hydrogen) atoms. The van der Waals surface area contributed by atoms with Gasteiger partial charge in [-0.05, 0) is 130 Å². The molecule has 0 radical (unpaired) electrons. The number of fused-ring (bicyclic) bond motifs is 7. The van der Waals surface area contributed by atoms with Crippen LogP contribution in [0.2, 0.25) is 0 Å². The van der Waals surface area contributed by atoms with E-state index in [4.69, 9.17) is 0 Å². The molecule has 2 aromatic heterocycles. The fourth-order valence-electron chi connectivity index (χ4n) is 9.03. The van der Waals surface area contributed by atoms with E-state index in [0.717, 1.165) is 12.8 Å². The Balaban J connectivity index is 1.29. The maximum Gasteiger partial charge on any atom is 0.0361 e. The Morgan fingerprint density at radius 1 is 0.423 bits per heavy atom. The van der Waals surface area contributed by atoms with Crippen molar-refractivity contribution in [1.82, 2.24) is 0 Å². The van der Waals surface area contributed by atoms with Crippen LogP contribution in [0.3, 0.4) is 0 Å². The molecule has 0 bridgehead atoms. The first-order valence-electron chi connectivity index (χ1n) is 18.1. The van der Waals surface area contributed by atoms with Crippen LogP contribution in [0.1, 0.15) is 17.5 Å². The van der Waals surface area contributed by atoms with Crippen molar-refractivity contribution in [2.75, 3.05) is 0 Å². The van der Waals surface area contributed by atoms with E-state index in [1.165, 1.54) is 108 Å². The van der Waals surface area contributed by atoms with Crippen LogP contribution in [0, 0.1) is 0 Å². The number of thiophene rings is 2. The van der Waals surface area contributed by atoms with E-state index in [1.54, 1.807) is 11.3 Å². The lowest BCUT2D eigenvalue weighted by Crippen LogP contribution is -2.02. The summed E-state index contributed by atoms with van der Waals surface area (Å²) in [6.07, 6.45) is 6.85. The van der Waals surface area contributed by atoms with Crippen molar-refractivity contribution < 1.29 is 0 Å². The van der Waals surface area contributed by atoms with E-state index in [0.29, 0.717) is 0 Å². The Hall–Kier alpha value is -5.80. The van der Waals surface area contributed by atoms with E-state index < -0.39 is 0 Å². The molecule has 0 unspecified atom stereocenters. The average molecular weight is 697 g/mol. The van der Waals surface area contributed by atoms with Gasteiger partial charge in [0.1, 0.15) is 0 Å². The van der Waals surface area contributed by atoms with E-state index in [-0.39, 0.29) is 0 Å². The molecule has 0 N–H and O–H groups in total. The molecule has 244 valence electrons. The summed E-state index contributed by atoms with van der Waals surface area (Å²) in [4.78, 5) is 0. The SMILES string of the molecule is C1=Cc2c(c(-c3cccc4sc5cccc(-c6c7ccccc7c(-c7ccccc7)c7ccccc67)c5c34)c3ccccc3c2-c2ccsc2)CC1. The van der Waals surface area contributed by atoms with Crippen LogP contribution in [-0.4, -0.2) is 0 Å². The molecule has 2 heterocycles. The molecule has 0 nitrogen and oxygen atoms in total. The molecule has 0 saturated heterocycles. The van der Waals surface area contributed by atoms with Gasteiger partial charge in [-0.1, -0.05) is 140 Å². The van der Waals surface area contributed by atoms with Crippen molar-refractivity contribution in [2.24, 2.45) is 0 Å². The van der Waals surface area contributed by atoms with Crippen LogP contribution in [0.4, 0.5) is 0 Å². The van der Waals surface area contributed by atoms with Crippen LogP contribution in [0.5, 0.6) is 0 Å². The molecule has 0 fully saturated rings. The molecule has 11 rings (SSSR count). The van der Waals surface area contributed by atoms with Gasteiger partial charge in [-0.2, -0.15) is 11.3 Å². The summed E-state index contributed by atoms with van der Waals surface area (Å²) in [7, 11) is 0. The first-order chi connectivity index (χ1) is 25.8. The molecule has 0 atom stereocenters. The van der Waals surface area contributed by atoms with Gasteiger partial charge in [0.15, 0.2) is 0 Å². The molecule has 0 saturated carbocycles. The summed E-state index contributed by atoms with van der Waals surface area (Å²) in [5.41, 5.74) is 13.4. The highest BCUT2D eigenvalue weighted by Crippen LogP contribution is 2.52. The summed E-state index contributed by atoms with van der Waals surface area (Å²) in [5.74, 6) is 0. The second kappa shape index (κ2) is 11.9. The fourth-order valence-corrected chi connectivity index (χ4v) is 10.8. The number of rotatable bonds is 4. The number of allylic oxidation sites excluding steroid dienone is 1. The van der Waals surface area contributed by atoms with Crippen LogP contribution >= 0.6 is 22.7 Å². The lowest BCUT2D eigenvalue weighted by Gasteiger charge is -2.24. The lowest BCUT2D eigenvalue weighted by atomic mass is 9.79. The minimum atomic E-state index is 1.03. The number of hydrogen-bond donors (Lipinski definition) is 0. The van der Waals surface area contributed by atoms with Crippen molar-refractivity contribution in [3.8, 4) is 44.5 Å². The second-order valence-electron chi connectivity index (χ2n) is 13.8. The van der Waals surface area contributed by atoms with Crippen LogP contribution < -0.4 is 0 Å². The maximum absolute atomic E-state index is 2.39. The largest absolute Gasteiger partial charge is 0.152 e. The van der Waals surface area contributed by atoms with Gasteiger partial charge in [0.25, 0.3) is 0 Å². The Bertz CT molecular complexity index is 2990. The molecule has 2 heteroatoms. The standard InChI is InChI=1S/C50H32S2/c1-2-14-31(15-3-1)45-33-16-4-8-20-37(33)47(38-21-9-5-17-34(38)45)41-24-12-26-43-49(41)50-42(25-13-27-44(50)52-43)48-39-22-10-6-18-35(39)46(32-28-29-51-30-32)36-19-7-11-23-40(36)48/h1-10,12-22,24-30H,11,23H2. The number of benzene rings is 8. The van der Waals surface area contributed by atoms with E-state index >= 15 is 0 Å². The van der Waals surface area contributed by atoms with Gasteiger partial charge >= 0.3 is 0 Å². The predicted molar refractivity (Wildman–Crippen MR) is 229 cm³/mol. The van der Waals surface area contributed by atoms with E-state index in [2.05, 4.69) is 169 Å². The topological polar surface area (TPSA) is 0 Å². The molecule has 1 aliphatic rings. The summed E-state index contributed by atoms with van der Waals surface area (Å²) < 4.78 is 2.66. The van der Waals surface area contributed by atoms with E-state index in [9.17, 15) is 0 Å². The smallest absolute Gasteiger partial charge is 0.0361 e. The Morgan fingerprint density at radius 2 is 0.962 bits per heavy atom. The normalized spacial score (nSPS) is 12.8. The number of hydrogen-bond acceptors (Lipinski definition) is 2. The Morgan fingerprint density at radius 3 is 1.56 bits per heavy atom. The van der Waals surface area contributed by atoms with Crippen molar-refractivity contribution in [1.29, 1.82) is 0 Å². The predicted octanol–water partition coefficient (Wildman–Crippen LogP) is 15.2. The Labute approximate surface area is 310 Å². The highest BCUT2D eigenvalue weighted by Gasteiger charge is 2.25. The first-order valence-corrected chi connectivity index (χ1v) is 19.8. The van der Waals surface area contributed by atoms with Crippen molar-refractivity contribution >= 4 is 81.2 Å². The fraction of sp³-hybridized carbons (Fsp3) is 0.0400. The minimum absolute atomic E-state index is 1.03. The average Bonchev–Trinajstić information content (AvgIpc) is 3.88. The monoisotopic (exact) mass is 696 g/mol. The lowest BCUT2D eigenvalue weighted by molar-refractivity contribution is 0.992. The summed E-state index contributed by atoms with van der Waals surface area (Å²) in [6, 6.07) is 54.3. The van der Waals surface area contributed by atoms with Crippen LogP contribution in [-0.2, 0) is 6.42 Å². The van der Waals surface area contributed by atoms with Crippen molar-refractivity contribution in [3.05, 3.63) is 174 Å². The summed E-state index contributed by atoms with van der Waals surface area (Å²) in [5, 5.41) is 15.0. The van der Waals surface area contributed by atoms with E-state index in [1.807, 2.05) is 11.3 Å². The zero-order chi connectivity index (χ0) is 34.2. The third-order valence-electron chi connectivity index (χ3n) is 11.1. The Kier molecular flexibility index (Phi) is 6.83. The molecule has 1 aliphatic carbocycles. The highest BCUT2D eigenvalue weighted by atomic mass is 32.1. The summed E-state index contributed by atoms with van der Waals surface area (Å²) >= 11 is 3.70. The molecule has 0 aliphatic heterocycles. The summed E-state index contributed by atoms with van der Waals surface area (Å²) in [6.45, 7) is 0. The van der Waals surface area contributed by atoms with Crippen LogP contribution in [0.15, 0.2) is 162 Å². The van der Waals surface area contributed by atoms with Gasteiger partial charge in [-0.3, -0.25) is 0 Å². The van der Waals surface area contributed by atoms with Crippen molar-refractivity contribution in [2.45, 2.75) is 12.8 Å². The zero-order valence-electron chi connectivity index (χ0n) is 28.4. The molecule has 0 spiro atoms. The molecule has 8 aromatic carbocycles. The maximum atomic E-state index is 2.39. The molecular formula is C50H32S2. The van der Waals surface area contributed by atoms with Gasteiger partial charge < -0.3 is 0 Å². The highest BCUT2D eigenvalue weighted by molar-refractivity contribution is 7.26. The van der Waals surface area contributed by atoms with Gasteiger partial charge in [-0.25, -0.2) is 0 Å². The van der Waals surface area contributed by atoms with Crippen LogP contribution in [0.25, 0.3) is 103 Å². The zero-order valence-corrected chi connectivity index (χ0v) is 30.0. The molecular weight excluding hydrogens is 665 g/mol. The van der Waals surface area contributed by atoms with Gasteiger partial charge in [0.2, 0.25) is 0 Å². The third-order valence-corrected chi connectivity index (χ3v) is 12.9. The van der Waals surface area contributed by atoms with Gasteiger partial charge in [-0.15, -0.1) is 11.3 Å². The van der Waals surface area contributed by atoms with Crippen molar-refractivity contribution in [3.63, 3.8) is 0 Å².